The summed E-state index contributed by atoms with van der Waals surface area (Å²) in [6.07, 6.45) is 3.99. The lowest BCUT2D eigenvalue weighted by Crippen LogP contribution is -2.51. The van der Waals surface area contributed by atoms with Crippen LogP contribution < -0.4 is 11.1 Å². The molecule has 1 saturated carbocycles. The quantitative estimate of drug-likeness (QED) is 0.893. The Morgan fingerprint density at radius 1 is 1.48 bits per heavy atom. The fourth-order valence-corrected chi connectivity index (χ4v) is 4.00. The molecule has 21 heavy (non-hydrogen) atoms. The number of nitrogens with zero attached hydrogens (tertiary/aromatic N) is 1. The van der Waals surface area contributed by atoms with Crippen molar-refractivity contribution < 1.29 is 4.79 Å². The third-order valence-electron chi connectivity index (χ3n) is 4.33. The van der Waals surface area contributed by atoms with E-state index in [-0.39, 0.29) is 11.8 Å². The molecule has 0 spiro atoms. The predicted molar refractivity (Wildman–Crippen MR) is 87.5 cm³/mol. The summed E-state index contributed by atoms with van der Waals surface area (Å²) in [6.45, 7) is 3.98. The number of hydrogen-bond acceptors (Lipinski definition) is 4. The Hall–Kier alpha value is -1.46. The van der Waals surface area contributed by atoms with E-state index >= 15 is 0 Å². The second kappa shape index (κ2) is 5.39. The number of amides is 1. The van der Waals surface area contributed by atoms with Crippen molar-refractivity contribution in [3.63, 3.8) is 0 Å². The summed E-state index contributed by atoms with van der Waals surface area (Å²) in [5.74, 6) is -0.0644. The van der Waals surface area contributed by atoms with Gasteiger partial charge in [0, 0.05) is 11.2 Å². The first kappa shape index (κ1) is 14.5. The number of nitrogens with two attached hydrogens (primary N) is 1. The van der Waals surface area contributed by atoms with Gasteiger partial charge in [-0.15, -0.1) is 11.3 Å². The summed E-state index contributed by atoms with van der Waals surface area (Å²) in [5, 5.41) is 4.07. The zero-order valence-corrected chi connectivity index (χ0v) is 13.3. The number of carbonyl (C=O) groups excluding carboxylic acids is 1. The van der Waals surface area contributed by atoms with Gasteiger partial charge in [-0.3, -0.25) is 4.79 Å². The number of carbonyl (C=O) groups is 1. The molecule has 2 unspecified atom stereocenters. The Balaban J connectivity index is 1.79. The van der Waals surface area contributed by atoms with Crippen LogP contribution >= 0.6 is 11.3 Å². The minimum atomic E-state index is -0.395. The second-order valence-electron chi connectivity index (χ2n) is 6.21. The van der Waals surface area contributed by atoms with Gasteiger partial charge in [0.1, 0.15) is 0 Å². The van der Waals surface area contributed by atoms with E-state index in [1.807, 2.05) is 32.0 Å². The molecule has 1 aliphatic rings. The van der Waals surface area contributed by atoms with Gasteiger partial charge < -0.3 is 11.1 Å². The first-order chi connectivity index (χ1) is 9.95. The molecule has 1 aliphatic carbocycles. The van der Waals surface area contributed by atoms with Gasteiger partial charge in [0.15, 0.2) is 0 Å². The van der Waals surface area contributed by atoms with Crippen LogP contribution in [0.15, 0.2) is 18.2 Å². The fourth-order valence-electron chi connectivity index (χ4n) is 3.14. The molecular formula is C16H21N3OS. The van der Waals surface area contributed by atoms with Gasteiger partial charge >= 0.3 is 0 Å². The van der Waals surface area contributed by atoms with E-state index in [9.17, 15) is 4.79 Å². The number of nitrogens with one attached hydrogen (secondary N) is 1. The van der Waals surface area contributed by atoms with Crippen molar-refractivity contribution in [2.75, 3.05) is 5.32 Å². The zero-order valence-electron chi connectivity index (χ0n) is 12.5. The number of anilines is 1. The van der Waals surface area contributed by atoms with Gasteiger partial charge in [-0.25, -0.2) is 4.98 Å². The fraction of sp³-hybridized carbons (Fsp3) is 0.500. The van der Waals surface area contributed by atoms with Crippen LogP contribution in [0.1, 0.15) is 37.6 Å². The number of aryl methyl sites for hydroxylation is 1. The molecule has 1 aromatic carbocycles. The predicted octanol–water partition coefficient (Wildman–Crippen LogP) is 3.45. The molecule has 0 aliphatic heterocycles. The van der Waals surface area contributed by atoms with E-state index in [1.54, 1.807) is 11.3 Å². The Morgan fingerprint density at radius 3 is 3.05 bits per heavy atom. The van der Waals surface area contributed by atoms with E-state index in [0.29, 0.717) is 0 Å². The topological polar surface area (TPSA) is 68.0 Å². The van der Waals surface area contributed by atoms with Gasteiger partial charge in [0.25, 0.3) is 0 Å². The third kappa shape index (κ3) is 2.94. The Kier molecular flexibility index (Phi) is 3.71. The summed E-state index contributed by atoms with van der Waals surface area (Å²) in [5.41, 5.74) is 7.72. The van der Waals surface area contributed by atoms with Crippen molar-refractivity contribution >= 4 is 33.1 Å². The minimum absolute atomic E-state index is 0.0419. The highest BCUT2D eigenvalue weighted by Crippen LogP contribution is 2.33. The van der Waals surface area contributed by atoms with Gasteiger partial charge in [0.2, 0.25) is 5.91 Å². The van der Waals surface area contributed by atoms with Crippen molar-refractivity contribution in [3.05, 3.63) is 23.2 Å². The zero-order chi connectivity index (χ0) is 15.0. The van der Waals surface area contributed by atoms with E-state index in [4.69, 9.17) is 5.73 Å². The second-order valence-corrected chi connectivity index (χ2v) is 7.44. The average molecular weight is 303 g/mol. The Bertz CT molecular complexity index is 677. The Labute approximate surface area is 128 Å². The molecule has 4 nitrogen and oxygen atoms in total. The van der Waals surface area contributed by atoms with Crippen LogP contribution in [0.2, 0.25) is 0 Å². The minimum Gasteiger partial charge on any atom is -0.326 e. The maximum Gasteiger partial charge on any atom is 0.229 e. The van der Waals surface area contributed by atoms with Crippen LogP contribution in [0.5, 0.6) is 0 Å². The van der Waals surface area contributed by atoms with Crippen molar-refractivity contribution in [2.24, 2.45) is 11.7 Å². The summed E-state index contributed by atoms with van der Waals surface area (Å²) in [4.78, 5) is 17.0. The van der Waals surface area contributed by atoms with Crippen molar-refractivity contribution in [2.45, 2.75) is 45.1 Å². The highest BCUT2D eigenvalue weighted by atomic mass is 32.1. The summed E-state index contributed by atoms with van der Waals surface area (Å²) >= 11 is 1.64. The average Bonchev–Trinajstić information content (AvgIpc) is 2.77. The lowest BCUT2D eigenvalue weighted by molar-refractivity contribution is -0.122. The van der Waals surface area contributed by atoms with Crippen LogP contribution in [0.3, 0.4) is 0 Å². The smallest absolute Gasteiger partial charge is 0.229 e. The van der Waals surface area contributed by atoms with Gasteiger partial charge in [-0.05, 0) is 44.9 Å². The van der Waals surface area contributed by atoms with Gasteiger partial charge in [-0.2, -0.15) is 0 Å². The number of fused-ring (bicyclic) bond motifs is 1. The molecular weight excluding hydrogens is 282 g/mol. The molecule has 3 N–H and O–H groups in total. The highest BCUT2D eigenvalue weighted by molar-refractivity contribution is 7.18. The molecule has 0 saturated heterocycles. The molecule has 2 atom stereocenters. The maximum absolute atomic E-state index is 12.5. The number of rotatable bonds is 2. The summed E-state index contributed by atoms with van der Waals surface area (Å²) < 4.78 is 1.10. The standard InChI is InChI=1S/C16H21N3OS/c1-10-18-13-7-6-11(9-14(13)21-10)19-15(20)12-5-3-4-8-16(12,2)17/h6-7,9,12H,3-5,8,17H2,1-2H3,(H,19,20). The largest absolute Gasteiger partial charge is 0.326 e. The Morgan fingerprint density at radius 2 is 2.29 bits per heavy atom. The number of aromatic nitrogens is 1. The molecule has 112 valence electrons. The summed E-state index contributed by atoms with van der Waals surface area (Å²) in [7, 11) is 0. The van der Waals surface area contributed by atoms with E-state index < -0.39 is 5.54 Å². The first-order valence-corrected chi connectivity index (χ1v) is 8.24. The maximum atomic E-state index is 12.5. The molecule has 2 aromatic rings. The van der Waals surface area contributed by atoms with E-state index in [0.717, 1.165) is 46.6 Å². The van der Waals surface area contributed by atoms with Crippen molar-refractivity contribution in [1.82, 2.24) is 4.98 Å². The lowest BCUT2D eigenvalue weighted by atomic mass is 9.74. The molecule has 1 amide bonds. The molecule has 1 heterocycles. The van der Waals surface area contributed by atoms with E-state index in [2.05, 4.69) is 10.3 Å². The lowest BCUT2D eigenvalue weighted by Gasteiger charge is -2.37. The third-order valence-corrected chi connectivity index (χ3v) is 5.27. The molecule has 0 radical (unpaired) electrons. The van der Waals surface area contributed by atoms with Crippen molar-refractivity contribution in [3.8, 4) is 0 Å². The van der Waals surface area contributed by atoms with Crippen LogP contribution in [0.4, 0.5) is 5.69 Å². The van der Waals surface area contributed by atoms with Gasteiger partial charge in [0.05, 0.1) is 21.1 Å². The normalized spacial score (nSPS) is 26.0. The number of hydrogen-bond donors (Lipinski definition) is 2. The monoisotopic (exact) mass is 303 g/mol. The number of benzene rings is 1. The SMILES string of the molecule is Cc1nc2ccc(NC(=O)C3CCCCC3(C)N)cc2s1. The molecule has 1 fully saturated rings. The van der Waals surface area contributed by atoms with Crippen LogP contribution in [-0.2, 0) is 4.79 Å². The van der Waals surface area contributed by atoms with Crippen LogP contribution in [-0.4, -0.2) is 16.4 Å². The number of thiazole rings is 1. The molecule has 1 aromatic heterocycles. The van der Waals surface area contributed by atoms with Crippen LogP contribution in [0, 0.1) is 12.8 Å². The molecule has 3 rings (SSSR count). The van der Waals surface area contributed by atoms with Crippen LogP contribution in [0.25, 0.3) is 10.2 Å². The molecule has 5 heteroatoms. The summed E-state index contributed by atoms with van der Waals surface area (Å²) in [6, 6.07) is 5.86. The molecule has 0 bridgehead atoms. The van der Waals surface area contributed by atoms with Crippen molar-refractivity contribution in [1.29, 1.82) is 0 Å². The van der Waals surface area contributed by atoms with E-state index in [1.165, 1.54) is 0 Å². The van der Waals surface area contributed by atoms with Gasteiger partial charge in [-0.1, -0.05) is 12.8 Å². The first-order valence-electron chi connectivity index (χ1n) is 7.43. The highest BCUT2D eigenvalue weighted by Gasteiger charge is 2.37.